The summed E-state index contributed by atoms with van der Waals surface area (Å²) in [4.78, 5) is 39.8. The third-order valence-electron chi connectivity index (χ3n) is 5.48. The maximum absolute atomic E-state index is 13.4. The van der Waals surface area contributed by atoms with Crippen LogP contribution in [-0.2, 0) is 10.2 Å². The van der Waals surface area contributed by atoms with Crippen LogP contribution >= 0.6 is 0 Å². The van der Waals surface area contributed by atoms with Gasteiger partial charge in [-0.05, 0) is 35.4 Å². The number of carboxylic acid groups (broad SMARTS) is 2. The van der Waals surface area contributed by atoms with Gasteiger partial charge in [0.05, 0.1) is 13.7 Å². The molecule has 1 fully saturated rings. The number of rotatable bonds is 5. The molecule has 1 unspecified atom stereocenters. The Hall–Kier alpha value is -2.77. The molecule has 1 aromatic rings. The fraction of sp³-hybridized carbons (Fsp3) is 0.591. The number of carbonyl (C=O) groups excluding carboxylic acids is 1. The molecule has 1 aromatic carbocycles. The number of methoxy groups -OCH3 is 1. The Labute approximate surface area is 177 Å². The van der Waals surface area contributed by atoms with Gasteiger partial charge in [0.2, 0.25) is 0 Å². The summed E-state index contributed by atoms with van der Waals surface area (Å²) in [5, 5.41) is 19.5. The summed E-state index contributed by atoms with van der Waals surface area (Å²) in [5.74, 6) is -1.14. The van der Waals surface area contributed by atoms with Crippen LogP contribution in [0.1, 0.15) is 57.0 Å². The van der Waals surface area contributed by atoms with E-state index in [1.165, 1.54) is 12.0 Å². The number of nitrogens with zero attached hydrogens (tertiary/aromatic N) is 2. The van der Waals surface area contributed by atoms with E-state index in [2.05, 4.69) is 0 Å². The van der Waals surface area contributed by atoms with Crippen molar-refractivity contribution in [1.29, 1.82) is 0 Å². The van der Waals surface area contributed by atoms with Crippen LogP contribution in [0.5, 0.6) is 5.75 Å². The van der Waals surface area contributed by atoms with Gasteiger partial charge in [-0.15, -0.1) is 0 Å². The highest BCUT2D eigenvalue weighted by molar-refractivity contribution is 5.99. The van der Waals surface area contributed by atoms with E-state index < -0.39 is 23.5 Å². The summed E-state index contributed by atoms with van der Waals surface area (Å²) in [6, 6.07) is 5.13. The van der Waals surface area contributed by atoms with Crippen LogP contribution in [0.15, 0.2) is 18.2 Å². The zero-order valence-corrected chi connectivity index (χ0v) is 18.6. The lowest BCUT2D eigenvalue weighted by Gasteiger charge is -2.48. The molecule has 0 radical (unpaired) electrons. The highest BCUT2D eigenvalue weighted by atomic mass is 16.5. The van der Waals surface area contributed by atoms with Gasteiger partial charge in [-0.3, -0.25) is 4.79 Å². The molecule has 2 amide bonds. The standard InChI is InChI=1S/C22H32N2O6/c1-14(2)12-22(19(26)27)13-23(20(28)29)9-10-24(22)18(25)15-7-8-16(21(3,4)5)17(11-15)30-6/h7-8,11,14H,9-10,12-13H2,1-6H3,(H,26,27)(H,28,29). The van der Waals surface area contributed by atoms with Crippen LogP contribution in [0.2, 0.25) is 0 Å². The molecule has 8 nitrogen and oxygen atoms in total. The summed E-state index contributed by atoms with van der Waals surface area (Å²) in [6.07, 6.45) is -1.04. The predicted molar refractivity (Wildman–Crippen MR) is 112 cm³/mol. The van der Waals surface area contributed by atoms with E-state index in [9.17, 15) is 24.6 Å². The second-order valence-electron chi connectivity index (χ2n) is 9.26. The van der Waals surface area contributed by atoms with Crippen molar-refractivity contribution in [3.63, 3.8) is 0 Å². The lowest BCUT2D eigenvalue weighted by Crippen LogP contribution is -2.68. The van der Waals surface area contributed by atoms with Crippen LogP contribution in [0.25, 0.3) is 0 Å². The SMILES string of the molecule is COc1cc(C(=O)N2CCN(C(=O)O)CC2(CC(C)C)C(=O)O)ccc1C(C)(C)C. The topological polar surface area (TPSA) is 107 Å². The molecule has 2 rings (SSSR count). The molecule has 0 aliphatic carbocycles. The second-order valence-corrected chi connectivity index (χ2v) is 9.26. The molecule has 1 atom stereocenters. The predicted octanol–water partition coefficient (Wildman–Crippen LogP) is 3.30. The average molecular weight is 421 g/mol. The van der Waals surface area contributed by atoms with Gasteiger partial charge in [0.15, 0.2) is 5.54 Å². The van der Waals surface area contributed by atoms with Gasteiger partial charge in [0.1, 0.15) is 5.75 Å². The van der Waals surface area contributed by atoms with Crippen molar-refractivity contribution in [2.45, 2.75) is 52.0 Å². The van der Waals surface area contributed by atoms with Crippen molar-refractivity contribution in [3.8, 4) is 5.75 Å². The number of benzene rings is 1. The highest BCUT2D eigenvalue weighted by Crippen LogP contribution is 2.35. The van der Waals surface area contributed by atoms with Gasteiger partial charge in [-0.25, -0.2) is 9.59 Å². The zero-order valence-electron chi connectivity index (χ0n) is 18.6. The van der Waals surface area contributed by atoms with Crippen molar-refractivity contribution in [2.75, 3.05) is 26.7 Å². The molecule has 1 aliphatic heterocycles. The minimum absolute atomic E-state index is 0.00743. The van der Waals surface area contributed by atoms with Gasteiger partial charge in [0, 0.05) is 18.7 Å². The Balaban J connectivity index is 2.52. The van der Waals surface area contributed by atoms with Crippen LogP contribution < -0.4 is 4.74 Å². The van der Waals surface area contributed by atoms with E-state index in [0.29, 0.717) is 11.3 Å². The largest absolute Gasteiger partial charge is 0.496 e. The number of carbonyl (C=O) groups is 3. The second kappa shape index (κ2) is 8.53. The maximum atomic E-state index is 13.4. The third kappa shape index (κ3) is 4.52. The quantitative estimate of drug-likeness (QED) is 0.757. The van der Waals surface area contributed by atoms with Crippen molar-refractivity contribution in [1.82, 2.24) is 9.80 Å². The molecular weight excluding hydrogens is 388 g/mol. The van der Waals surface area contributed by atoms with E-state index in [-0.39, 0.29) is 37.4 Å². The first-order chi connectivity index (χ1) is 13.8. The molecule has 1 aliphatic rings. The van der Waals surface area contributed by atoms with Gasteiger partial charge in [-0.1, -0.05) is 40.7 Å². The first-order valence-corrected chi connectivity index (χ1v) is 10.0. The van der Waals surface area contributed by atoms with Gasteiger partial charge >= 0.3 is 12.1 Å². The zero-order chi connectivity index (χ0) is 22.9. The Morgan fingerprint density at radius 3 is 2.27 bits per heavy atom. The molecule has 1 heterocycles. The molecule has 30 heavy (non-hydrogen) atoms. The molecule has 1 saturated heterocycles. The van der Waals surface area contributed by atoms with E-state index in [0.717, 1.165) is 10.5 Å². The van der Waals surface area contributed by atoms with Crippen molar-refractivity contribution >= 4 is 18.0 Å². The smallest absolute Gasteiger partial charge is 0.407 e. The van der Waals surface area contributed by atoms with Crippen LogP contribution in [0.3, 0.4) is 0 Å². The fourth-order valence-electron chi connectivity index (χ4n) is 4.09. The summed E-state index contributed by atoms with van der Waals surface area (Å²) >= 11 is 0. The normalized spacial score (nSPS) is 19.7. The molecule has 8 heteroatoms. The molecule has 0 bridgehead atoms. The van der Waals surface area contributed by atoms with Gasteiger partial charge in [0.25, 0.3) is 5.91 Å². The van der Waals surface area contributed by atoms with E-state index in [1.54, 1.807) is 12.1 Å². The number of hydrogen-bond donors (Lipinski definition) is 2. The molecule has 166 valence electrons. The molecule has 2 N–H and O–H groups in total. The summed E-state index contributed by atoms with van der Waals surface area (Å²) < 4.78 is 5.49. The molecule has 0 aromatic heterocycles. The number of ether oxygens (including phenoxy) is 1. The lowest BCUT2D eigenvalue weighted by atomic mass is 9.83. The first-order valence-electron chi connectivity index (χ1n) is 10.0. The van der Waals surface area contributed by atoms with Gasteiger partial charge in [-0.2, -0.15) is 0 Å². The maximum Gasteiger partial charge on any atom is 0.407 e. The number of carboxylic acids is 1. The fourth-order valence-corrected chi connectivity index (χ4v) is 4.09. The van der Waals surface area contributed by atoms with Gasteiger partial charge < -0.3 is 24.7 Å². The highest BCUT2D eigenvalue weighted by Gasteiger charge is 2.51. The molecular formula is C22H32N2O6. The van der Waals surface area contributed by atoms with E-state index in [1.807, 2.05) is 40.7 Å². The minimum Gasteiger partial charge on any atom is -0.496 e. The van der Waals surface area contributed by atoms with E-state index in [4.69, 9.17) is 4.74 Å². The van der Waals surface area contributed by atoms with Crippen molar-refractivity contribution in [2.24, 2.45) is 5.92 Å². The monoisotopic (exact) mass is 420 g/mol. The van der Waals surface area contributed by atoms with Crippen LogP contribution in [-0.4, -0.2) is 70.3 Å². The third-order valence-corrected chi connectivity index (χ3v) is 5.48. The Morgan fingerprint density at radius 2 is 1.80 bits per heavy atom. The van der Waals surface area contributed by atoms with Crippen molar-refractivity contribution in [3.05, 3.63) is 29.3 Å². The number of hydrogen-bond acceptors (Lipinski definition) is 4. The van der Waals surface area contributed by atoms with Crippen molar-refractivity contribution < 1.29 is 29.3 Å². The Bertz CT molecular complexity index is 829. The first kappa shape index (κ1) is 23.5. The Kier molecular flexibility index (Phi) is 6.69. The lowest BCUT2D eigenvalue weighted by molar-refractivity contribution is -0.154. The summed E-state index contributed by atoms with van der Waals surface area (Å²) in [7, 11) is 1.53. The average Bonchev–Trinajstić information content (AvgIpc) is 2.65. The number of aliphatic carboxylic acids is 1. The van der Waals surface area contributed by atoms with Crippen LogP contribution in [0.4, 0.5) is 4.79 Å². The summed E-state index contributed by atoms with van der Waals surface area (Å²) in [6.45, 7) is 9.63. The molecule has 0 spiro atoms. The molecule has 0 saturated carbocycles. The Morgan fingerprint density at radius 1 is 1.17 bits per heavy atom. The number of piperazine rings is 1. The number of amides is 2. The van der Waals surface area contributed by atoms with E-state index >= 15 is 0 Å². The summed E-state index contributed by atoms with van der Waals surface area (Å²) in [5.41, 5.74) is -0.567. The van der Waals surface area contributed by atoms with Crippen LogP contribution in [0, 0.1) is 5.92 Å². The minimum atomic E-state index is -1.63.